The maximum absolute atomic E-state index is 6.08. The first-order valence-electron chi connectivity index (χ1n) is 6.09. The van der Waals surface area contributed by atoms with Crippen LogP contribution in [-0.2, 0) is 11.3 Å². The van der Waals surface area contributed by atoms with Crippen molar-refractivity contribution in [1.29, 1.82) is 0 Å². The van der Waals surface area contributed by atoms with Crippen LogP contribution in [0.15, 0.2) is 24.3 Å². The Bertz CT molecular complexity index is 534. The van der Waals surface area contributed by atoms with Crippen LogP contribution in [0.2, 0.25) is 0 Å². The van der Waals surface area contributed by atoms with E-state index in [1.165, 1.54) is 5.52 Å². The van der Waals surface area contributed by atoms with Crippen LogP contribution >= 0.6 is 0 Å². The van der Waals surface area contributed by atoms with Crippen molar-refractivity contribution in [3.63, 3.8) is 0 Å². The van der Waals surface area contributed by atoms with E-state index in [2.05, 4.69) is 17.6 Å². The van der Waals surface area contributed by atoms with Gasteiger partial charge in [-0.1, -0.05) is 12.1 Å². The van der Waals surface area contributed by atoms with Crippen LogP contribution in [0.1, 0.15) is 18.7 Å². The molecule has 0 amide bonds. The molecule has 2 aromatic rings. The summed E-state index contributed by atoms with van der Waals surface area (Å²) in [5.74, 6) is 1.29. The van der Waals surface area contributed by atoms with Gasteiger partial charge in [0, 0.05) is 12.6 Å². The summed E-state index contributed by atoms with van der Waals surface area (Å²) in [5.41, 5.74) is 8.31. The Hall–Kier alpha value is -1.39. The van der Waals surface area contributed by atoms with E-state index in [0.717, 1.165) is 17.9 Å². The molecule has 4 heteroatoms. The third-order valence-electron chi connectivity index (χ3n) is 3.46. The van der Waals surface area contributed by atoms with E-state index in [1.807, 2.05) is 18.2 Å². The van der Waals surface area contributed by atoms with Gasteiger partial charge in [0.25, 0.3) is 0 Å². The Balaban J connectivity index is 2.15. The zero-order valence-corrected chi connectivity index (χ0v) is 9.97. The van der Waals surface area contributed by atoms with Crippen molar-refractivity contribution >= 4 is 11.0 Å². The predicted octanol–water partition coefficient (Wildman–Crippen LogP) is 1.50. The maximum Gasteiger partial charge on any atom is 0.116 e. The highest BCUT2D eigenvalue weighted by Crippen LogP contribution is 2.27. The number of ether oxygens (including phenoxy) is 1. The van der Waals surface area contributed by atoms with Gasteiger partial charge < -0.3 is 15.0 Å². The van der Waals surface area contributed by atoms with Crippen molar-refractivity contribution in [1.82, 2.24) is 9.55 Å². The molecule has 1 aliphatic rings. The quantitative estimate of drug-likeness (QED) is 0.852. The molecule has 90 valence electrons. The number of aromatic nitrogens is 2. The van der Waals surface area contributed by atoms with Crippen molar-refractivity contribution in [2.24, 2.45) is 5.73 Å². The van der Waals surface area contributed by atoms with E-state index in [9.17, 15) is 0 Å². The lowest BCUT2D eigenvalue weighted by molar-refractivity contribution is 0.190. The highest BCUT2D eigenvalue weighted by Gasteiger charge is 2.30. The van der Waals surface area contributed by atoms with Crippen LogP contribution in [0.4, 0.5) is 0 Å². The second-order valence-corrected chi connectivity index (χ2v) is 4.51. The van der Waals surface area contributed by atoms with Gasteiger partial charge in [0.2, 0.25) is 0 Å². The summed E-state index contributed by atoms with van der Waals surface area (Å²) in [5, 5.41) is 0. The van der Waals surface area contributed by atoms with Gasteiger partial charge in [-0.25, -0.2) is 4.98 Å². The number of nitrogens with zero attached hydrogens (tertiary/aromatic N) is 2. The number of imidazole rings is 1. The summed E-state index contributed by atoms with van der Waals surface area (Å²) in [6.45, 7) is 4.38. The van der Waals surface area contributed by atoms with Gasteiger partial charge in [0.15, 0.2) is 0 Å². The highest BCUT2D eigenvalue weighted by molar-refractivity contribution is 5.76. The van der Waals surface area contributed by atoms with Gasteiger partial charge in [-0.05, 0) is 19.1 Å². The molecule has 1 aliphatic heterocycles. The van der Waals surface area contributed by atoms with Crippen molar-refractivity contribution in [3.05, 3.63) is 30.1 Å². The standard InChI is InChI=1S/C13H17N3O/c1-2-16-12-6-4-3-5-11(12)15-13(16)9-7-17-8-10(9)14/h3-6,9-10H,2,7-8,14H2,1H3. The van der Waals surface area contributed by atoms with E-state index in [-0.39, 0.29) is 12.0 Å². The van der Waals surface area contributed by atoms with E-state index in [0.29, 0.717) is 13.2 Å². The van der Waals surface area contributed by atoms with E-state index in [4.69, 9.17) is 15.5 Å². The predicted molar refractivity (Wildman–Crippen MR) is 66.9 cm³/mol. The zero-order valence-electron chi connectivity index (χ0n) is 9.97. The first-order valence-corrected chi connectivity index (χ1v) is 6.09. The molecule has 1 aromatic heterocycles. The first-order chi connectivity index (χ1) is 8.31. The van der Waals surface area contributed by atoms with Crippen LogP contribution in [0.5, 0.6) is 0 Å². The third kappa shape index (κ3) is 1.64. The molecular weight excluding hydrogens is 214 g/mol. The molecule has 2 atom stereocenters. The fraction of sp³-hybridized carbons (Fsp3) is 0.462. The molecule has 0 spiro atoms. The molecule has 0 saturated carbocycles. The van der Waals surface area contributed by atoms with Crippen molar-refractivity contribution in [2.45, 2.75) is 25.4 Å². The Kier molecular flexibility index (Phi) is 2.61. The summed E-state index contributed by atoms with van der Waals surface area (Å²) < 4.78 is 7.69. The number of fused-ring (bicyclic) bond motifs is 1. The number of nitrogens with two attached hydrogens (primary N) is 1. The van der Waals surface area contributed by atoms with Crippen molar-refractivity contribution in [3.8, 4) is 0 Å². The largest absolute Gasteiger partial charge is 0.379 e. The average molecular weight is 231 g/mol. The number of hydrogen-bond donors (Lipinski definition) is 1. The zero-order chi connectivity index (χ0) is 11.8. The molecule has 4 nitrogen and oxygen atoms in total. The molecule has 2 heterocycles. The lowest BCUT2D eigenvalue weighted by Crippen LogP contribution is -2.28. The van der Waals surface area contributed by atoms with Gasteiger partial charge in [-0.3, -0.25) is 0 Å². The fourth-order valence-electron chi connectivity index (χ4n) is 2.55. The number of rotatable bonds is 2. The Labute approximate surface area is 100 Å². The van der Waals surface area contributed by atoms with Crippen LogP contribution in [0, 0.1) is 0 Å². The van der Waals surface area contributed by atoms with E-state index >= 15 is 0 Å². The van der Waals surface area contributed by atoms with Gasteiger partial charge in [0.1, 0.15) is 5.82 Å². The fourth-order valence-corrected chi connectivity index (χ4v) is 2.55. The summed E-state index contributed by atoms with van der Waals surface area (Å²) in [6.07, 6.45) is 0. The lowest BCUT2D eigenvalue weighted by Gasteiger charge is -2.14. The molecular formula is C13H17N3O. The summed E-state index contributed by atoms with van der Waals surface area (Å²) in [7, 11) is 0. The van der Waals surface area contributed by atoms with Crippen LogP contribution < -0.4 is 5.73 Å². The average Bonchev–Trinajstić information content (AvgIpc) is 2.91. The molecule has 2 N–H and O–H groups in total. The molecule has 1 aromatic carbocycles. The number of hydrogen-bond acceptors (Lipinski definition) is 3. The van der Waals surface area contributed by atoms with Gasteiger partial charge in [0.05, 0.1) is 30.2 Å². The Morgan fingerprint density at radius 2 is 2.24 bits per heavy atom. The van der Waals surface area contributed by atoms with Crippen molar-refractivity contribution in [2.75, 3.05) is 13.2 Å². The maximum atomic E-state index is 6.08. The summed E-state index contributed by atoms with van der Waals surface area (Å²) >= 11 is 0. The lowest BCUT2D eigenvalue weighted by atomic mass is 10.0. The summed E-state index contributed by atoms with van der Waals surface area (Å²) in [4.78, 5) is 4.72. The first kappa shape index (κ1) is 10.7. The van der Waals surface area contributed by atoms with E-state index < -0.39 is 0 Å². The molecule has 3 rings (SSSR count). The molecule has 0 bridgehead atoms. The normalized spacial score (nSPS) is 24.6. The number of para-hydroxylation sites is 2. The van der Waals surface area contributed by atoms with Crippen LogP contribution in [-0.4, -0.2) is 28.8 Å². The molecule has 0 aliphatic carbocycles. The second-order valence-electron chi connectivity index (χ2n) is 4.51. The SMILES string of the molecule is CCn1c(C2COCC2N)nc2ccccc21. The molecule has 0 radical (unpaired) electrons. The number of benzene rings is 1. The van der Waals surface area contributed by atoms with Crippen molar-refractivity contribution < 1.29 is 4.74 Å². The molecule has 2 unspecified atom stereocenters. The van der Waals surface area contributed by atoms with Crippen LogP contribution in [0.3, 0.4) is 0 Å². The Morgan fingerprint density at radius 3 is 2.94 bits per heavy atom. The van der Waals surface area contributed by atoms with E-state index in [1.54, 1.807) is 0 Å². The highest BCUT2D eigenvalue weighted by atomic mass is 16.5. The van der Waals surface area contributed by atoms with Crippen LogP contribution in [0.25, 0.3) is 11.0 Å². The summed E-state index contributed by atoms with van der Waals surface area (Å²) in [6, 6.07) is 8.29. The Morgan fingerprint density at radius 1 is 1.41 bits per heavy atom. The molecule has 1 saturated heterocycles. The molecule has 1 fully saturated rings. The second kappa shape index (κ2) is 4.13. The minimum absolute atomic E-state index is 0.0668. The van der Waals surface area contributed by atoms with Gasteiger partial charge >= 0.3 is 0 Å². The monoisotopic (exact) mass is 231 g/mol. The number of aryl methyl sites for hydroxylation is 1. The molecule has 17 heavy (non-hydrogen) atoms. The topological polar surface area (TPSA) is 53.1 Å². The third-order valence-corrected chi connectivity index (χ3v) is 3.46. The van der Waals surface area contributed by atoms with Gasteiger partial charge in [-0.2, -0.15) is 0 Å². The smallest absolute Gasteiger partial charge is 0.116 e. The minimum atomic E-state index is 0.0668. The van der Waals surface area contributed by atoms with Gasteiger partial charge in [-0.15, -0.1) is 0 Å². The minimum Gasteiger partial charge on any atom is -0.379 e.